The molecule has 3 N–H and O–H groups in total. The zero-order valence-corrected chi connectivity index (χ0v) is 8.82. The van der Waals surface area contributed by atoms with E-state index in [4.69, 9.17) is 5.73 Å². The fourth-order valence-electron chi connectivity index (χ4n) is 1.51. The first-order chi connectivity index (χ1) is 5.70. The van der Waals surface area contributed by atoms with E-state index in [1.165, 1.54) is 0 Å². The van der Waals surface area contributed by atoms with E-state index in [9.17, 15) is 5.11 Å². The van der Waals surface area contributed by atoms with Crippen molar-refractivity contribution in [1.29, 1.82) is 0 Å². The Morgan fingerprint density at radius 2 is 1.69 bits per heavy atom. The standard InChI is InChI=1S/C10H15NO.ClH/c1-3-7-8(4-2)10(12)6-5-9(7)11;/h5-6,12H,3-4,11H2,1-2H3;1H. The van der Waals surface area contributed by atoms with Gasteiger partial charge in [-0.3, -0.25) is 0 Å². The van der Waals surface area contributed by atoms with Crippen LogP contribution in [-0.2, 0) is 12.8 Å². The smallest absolute Gasteiger partial charge is 0.119 e. The summed E-state index contributed by atoms with van der Waals surface area (Å²) in [6.07, 6.45) is 1.71. The molecule has 0 saturated heterocycles. The first kappa shape index (κ1) is 12.1. The first-order valence-electron chi connectivity index (χ1n) is 4.29. The molecular weight excluding hydrogens is 186 g/mol. The van der Waals surface area contributed by atoms with Crippen molar-refractivity contribution in [3.63, 3.8) is 0 Å². The van der Waals surface area contributed by atoms with E-state index in [-0.39, 0.29) is 12.4 Å². The van der Waals surface area contributed by atoms with Gasteiger partial charge in [0.1, 0.15) is 5.75 Å². The van der Waals surface area contributed by atoms with E-state index in [1.807, 2.05) is 13.8 Å². The SMILES string of the molecule is CCc1c(N)ccc(O)c1CC.Cl. The van der Waals surface area contributed by atoms with Crippen molar-refractivity contribution < 1.29 is 5.11 Å². The van der Waals surface area contributed by atoms with Crippen molar-refractivity contribution in [1.82, 2.24) is 0 Å². The van der Waals surface area contributed by atoms with Crippen molar-refractivity contribution in [3.8, 4) is 5.75 Å². The highest BCUT2D eigenvalue weighted by molar-refractivity contribution is 5.85. The lowest BCUT2D eigenvalue weighted by molar-refractivity contribution is 0.468. The van der Waals surface area contributed by atoms with Crippen LogP contribution < -0.4 is 5.73 Å². The van der Waals surface area contributed by atoms with Crippen LogP contribution in [0.15, 0.2) is 12.1 Å². The van der Waals surface area contributed by atoms with Crippen LogP contribution >= 0.6 is 12.4 Å². The van der Waals surface area contributed by atoms with E-state index >= 15 is 0 Å². The molecule has 0 aliphatic rings. The molecule has 1 aromatic rings. The summed E-state index contributed by atoms with van der Waals surface area (Å²) in [6, 6.07) is 3.42. The lowest BCUT2D eigenvalue weighted by Gasteiger charge is -2.10. The van der Waals surface area contributed by atoms with Crippen molar-refractivity contribution in [2.24, 2.45) is 0 Å². The van der Waals surface area contributed by atoms with Gasteiger partial charge in [0.2, 0.25) is 0 Å². The van der Waals surface area contributed by atoms with Gasteiger partial charge in [0.25, 0.3) is 0 Å². The number of hydrogen-bond acceptors (Lipinski definition) is 2. The Labute approximate surface area is 85.2 Å². The highest BCUT2D eigenvalue weighted by Gasteiger charge is 2.06. The van der Waals surface area contributed by atoms with Crippen LogP contribution in [-0.4, -0.2) is 5.11 Å². The maximum Gasteiger partial charge on any atom is 0.119 e. The largest absolute Gasteiger partial charge is 0.508 e. The van der Waals surface area contributed by atoms with Crippen molar-refractivity contribution in [2.45, 2.75) is 26.7 Å². The molecule has 0 aliphatic heterocycles. The lowest BCUT2D eigenvalue weighted by atomic mass is 10.0. The second-order valence-corrected chi connectivity index (χ2v) is 2.84. The molecule has 0 saturated carbocycles. The summed E-state index contributed by atoms with van der Waals surface area (Å²) in [5.41, 5.74) is 8.61. The Balaban J connectivity index is 0.00000144. The molecule has 1 aromatic carbocycles. The molecule has 0 atom stereocenters. The van der Waals surface area contributed by atoms with Gasteiger partial charge in [-0.05, 0) is 36.1 Å². The second-order valence-electron chi connectivity index (χ2n) is 2.84. The minimum absolute atomic E-state index is 0. The predicted octanol–water partition coefficient (Wildman–Crippen LogP) is 2.52. The van der Waals surface area contributed by atoms with Crippen LogP contribution in [0, 0.1) is 0 Å². The summed E-state index contributed by atoms with van der Waals surface area (Å²) in [5, 5.41) is 9.49. The molecule has 0 unspecified atom stereocenters. The molecule has 13 heavy (non-hydrogen) atoms. The van der Waals surface area contributed by atoms with Crippen molar-refractivity contribution in [2.75, 3.05) is 5.73 Å². The van der Waals surface area contributed by atoms with Gasteiger partial charge in [0.15, 0.2) is 0 Å². The highest BCUT2D eigenvalue weighted by atomic mass is 35.5. The number of rotatable bonds is 2. The van der Waals surface area contributed by atoms with Crippen LogP contribution in [0.1, 0.15) is 25.0 Å². The predicted molar refractivity (Wildman–Crippen MR) is 58.5 cm³/mol. The number of halogens is 1. The molecule has 3 heteroatoms. The first-order valence-corrected chi connectivity index (χ1v) is 4.29. The summed E-state index contributed by atoms with van der Waals surface area (Å²) in [5.74, 6) is 0.364. The molecule has 0 radical (unpaired) electrons. The molecule has 0 aromatic heterocycles. The maximum absolute atomic E-state index is 9.49. The summed E-state index contributed by atoms with van der Waals surface area (Å²) >= 11 is 0. The van der Waals surface area contributed by atoms with Gasteiger partial charge in [0.05, 0.1) is 0 Å². The zero-order valence-electron chi connectivity index (χ0n) is 8.00. The van der Waals surface area contributed by atoms with E-state index in [1.54, 1.807) is 12.1 Å². The molecule has 0 aliphatic carbocycles. The third kappa shape index (κ3) is 2.28. The van der Waals surface area contributed by atoms with Gasteiger partial charge in [-0.1, -0.05) is 13.8 Å². The number of nitrogen functional groups attached to an aromatic ring is 1. The monoisotopic (exact) mass is 201 g/mol. The maximum atomic E-state index is 9.49. The van der Waals surface area contributed by atoms with Gasteiger partial charge >= 0.3 is 0 Å². The Morgan fingerprint density at radius 1 is 1.15 bits per heavy atom. The van der Waals surface area contributed by atoms with Gasteiger partial charge in [0, 0.05) is 5.69 Å². The minimum Gasteiger partial charge on any atom is -0.508 e. The molecule has 1 rings (SSSR count). The Kier molecular flexibility index (Phi) is 4.63. The summed E-state index contributed by atoms with van der Waals surface area (Å²) in [4.78, 5) is 0. The van der Waals surface area contributed by atoms with E-state index in [0.29, 0.717) is 5.75 Å². The van der Waals surface area contributed by atoms with Gasteiger partial charge < -0.3 is 10.8 Å². The number of aromatic hydroxyl groups is 1. The van der Waals surface area contributed by atoms with E-state index < -0.39 is 0 Å². The van der Waals surface area contributed by atoms with E-state index in [2.05, 4.69) is 0 Å². The highest BCUT2D eigenvalue weighted by Crippen LogP contribution is 2.26. The van der Waals surface area contributed by atoms with E-state index in [0.717, 1.165) is 29.7 Å². The lowest BCUT2D eigenvalue weighted by Crippen LogP contribution is -1.98. The molecule has 0 fully saturated rings. The Bertz CT molecular complexity index is 257. The van der Waals surface area contributed by atoms with Crippen LogP contribution in [0.2, 0.25) is 0 Å². The third-order valence-electron chi connectivity index (χ3n) is 2.15. The third-order valence-corrected chi connectivity index (χ3v) is 2.15. The van der Waals surface area contributed by atoms with Crippen LogP contribution in [0.4, 0.5) is 5.69 Å². The molecule has 0 amide bonds. The number of nitrogens with two attached hydrogens (primary N) is 1. The van der Waals surface area contributed by atoms with Gasteiger partial charge in [-0.15, -0.1) is 12.4 Å². The van der Waals surface area contributed by atoms with Crippen LogP contribution in [0.5, 0.6) is 5.75 Å². The molecule has 0 spiro atoms. The number of phenols is 1. The van der Waals surface area contributed by atoms with Crippen LogP contribution in [0.3, 0.4) is 0 Å². The normalized spacial score (nSPS) is 9.38. The second kappa shape index (κ2) is 4.97. The number of anilines is 1. The minimum atomic E-state index is 0. The fraction of sp³-hybridized carbons (Fsp3) is 0.400. The van der Waals surface area contributed by atoms with Crippen molar-refractivity contribution >= 4 is 18.1 Å². The summed E-state index contributed by atoms with van der Waals surface area (Å²) < 4.78 is 0. The topological polar surface area (TPSA) is 46.2 Å². The summed E-state index contributed by atoms with van der Waals surface area (Å²) in [6.45, 7) is 4.07. The average molecular weight is 202 g/mol. The van der Waals surface area contributed by atoms with Crippen molar-refractivity contribution in [3.05, 3.63) is 23.3 Å². The number of benzene rings is 1. The Morgan fingerprint density at radius 3 is 2.08 bits per heavy atom. The molecule has 74 valence electrons. The molecular formula is C10H16ClNO. The van der Waals surface area contributed by atoms with Gasteiger partial charge in [-0.2, -0.15) is 0 Å². The Hall–Kier alpha value is -0.890. The molecule has 0 heterocycles. The zero-order chi connectivity index (χ0) is 9.14. The molecule has 2 nitrogen and oxygen atoms in total. The average Bonchev–Trinajstić information content (AvgIpc) is 2.08. The number of phenolic OH excluding ortho intramolecular Hbond substituents is 1. The fourth-order valence-corrected chi connectivity index (χ4v) is 1.51. The van der Waals surface area contributed by atoms with Gasteiger partial charge in [-0.25, -0.2) is 0 Å². The summed E-state index contributed by atoms with van der Waals surface area (Å²) in [7, 11) is 0. The number of hydrogen-bond donors (Lipinski definition) is 2. The van der Waals surface area contributed by atoms with Crippen LogP contribution in [0.25, 0.3) is 0 Å². The quantitative estimate of drug-likeness (QED) is 0.571. The molecule has 0 bridgehead atoms.